The first-order chi connectivity index (χ1) is 21.2. The Kier molecular flexibility index (Phi) is 7.81. The summed E-state index contributed by atoms with van der Waals surface area (Å²) < 4.78 is 35.9. The average molecular weight is 639 g/mol. The lowest BCUT2D eigenvalue weighted by Gasteiger charge is -2.56. The molecule has 0 radical (unpaired) electrons. The number of fused-ring (bicyclic) bond motifs is 10. The Hall–Kier alpha value is -1.57. The highest BCUT2D eigenvalue weighted by Gasteiger charge is 2.59. The van der Waals surface area contributed by atoms with Crippen LogP contribution in [0.2, 0.25) is 0 Å². The molecule has 8 aliphatic rings. The normalized spacial score (nSPS) is 48.3. The van der Waals surface area contributed by atoms with Crippen LogP contribution in [0.3, 0.4) is 0 Å². The molecule has 7 heteroatoms. The van der Waals surface area contributed by atoms with Gasteiger partial charge in [-0.2, -0.15) is 8.42 Å². The minimum atomic E-state index is -4.40. The van der Waals surface area contributed by atoms with Crippen LogP contribution in [0.1, 0.15) is 124 Å². The molecule has 3 unspecified atom stereocenters. The lowest BCUT2D eigenvalue weighted by atomic mass is 9.48. The quantitative estimate of drug-likeness (QED) is 0.241. The van der Waals surface area contributed by atoms with Crippen molar-refractivity contribution in [1.29, 1.82) is 0 Å². The third-order valence-corrected chi connectivity index (χ3v) is 15.9. The first kappa shape index (κ1) is 32.0. The Balaban J connectivity index is 0.000000148. The van der Waals surface area contributed by atoms with Crippen molar-refractivity contribution >= 4 is 22.0 Å². The minimum absolute atomic E-state index is 0.0783. The van der Waals surface area contributed by atoms with Gasteiger partial charge in [-0.05, 0) is 142 Å². The van der Waals surface area contributed by atoms with Gasteiger partial charge in [-0.1, -0.05) is 57.4 Å². The van der Waals surface area contributed by atoms with Crippen LogP contribution in [-0.4, -0.2) is 30.6 Å². The molecule has 6 nitrogen and oxygen atoms in total. The number of ketones is 2. The van der Waals surface area contributed by atoms with Crippen LogP contribution < -0.4 is 0 Å². The van der Waals surface area contributed by atoms with E-state index in [1.54, 1.807) is 0 Å². The van der Waals surface area contributed by atoms with Gasteiger partial charge in [-0.3, -0.25) is 14.1 Å². The molecule has 248 valence electrons. The number of Topliss-reactive ketones (excluding diaryl/α,β-unsaturated/α-hetero) is 1. The lowest BCUT2D eigenvalue weighted by Crippen LogP contribution is -2.50. The molecule has 0 aromatic carbocycles. The first-order valence-electron chi connectivity index (χ1n) is 18.0. The molecule has 8 rings (SSSR count). The van der Waals surface area contributed by atoms with E-state index in [4.69, 9.17) is 8.74 Å². The van der Waals surface area contributed by atoms with Crippen molar-refractivity contribution in [3.05, 3.63) is 35.5 Å². The molecule has 1 N–H and O–H groups in total. The second-order valence-electron chi connectivity index (χ2n) is 17.3. The van der Waals surface area contributed by atoms with Gasteiger partial charge in [0, 0.05) is 17.3 Å². The van der Waals surface area contributed by atoms with E-state index in [-0.39, 0.29) is 22.0 Å². The van der Waals surface area contributed by atoms with Crippen molar-refractivity contribution < 1.29 is 26.7 Å². The number of carbonyl (C=O) groups is 2. The van der Waals surface area contributed by atoms with E-state index in [0.29, 0.717) is 41.8 Å². The predicted octanol–water partition coefficient (Wildman–Crippen LogP) is 8.39. The Labute approximate surface area is 270 Å². The first-order valence-corrected chi connectivity index (χ1v) is 19.4. The zero-order valence-electron chi connectivity index (χ0n) is 27.9. The van der Waals surface area contributed by atoms with Crippen LogP contribution in [0.25, 0.3) is 0 Å². The van der Waals surface area contributed by atoms with Crippen LogP contribution in [0.15, 0.2) is 35.5 Å². The third-order valence-electron chi connectivity index (χ3n) is 15.4. The summed E-state index contributed by atoms with van der Waals surface area (Å²) in [6.07, 6.45) is 24.4. The maximum Gasteiger partial charge on any atom is 0.397 e. The van der Waals surface area contributed by atoms with Gasteiger partial charge in [-0.25, -0.2) is 4.18 Å². The number of hydrogen-bond donors (Lipinski definition) is 1. The fraction of sp³-hybridized carbons (Fsp3) is 0.789. The number of carbonyl (C=O) groups excluding carboxylic acids is 2. The van der Waals surface area contributed by atoms with Crippen LogP contribution in [0.4, 0.5) is 0 Å². The summed E-state index contributed by atoms with van der Waals surface area (Å²) in [7, 11) is -4.40. The maximum absolute atomic E-state index is 12.4. The molecule has 45 heavy (non-hydrogen) atoms. The zero-order valence-corrected chi connectivity index (χ0v) is 28.7. The highest BCUT2D eigenvalue weighted by Crippen LogP contribution is 2.65. The predicted molar refractivity (Wildman–Crippen MR) is 174 cm³/mol. The van der Waals surface area contributed by atoms with E-state index >= 15 is 0 Å². The molecule has 0 heterocycles. The molecule has 0 aromatic heterocycles. The molecule has 0 bridgehead atoms. The fourth-order valence-electron chi connectivity index (χ4n) is 12.8. The van der Waals surface area contributed by atoms with E-state index in [9.17, 15) is 18.0 Å². The van der Waals surface area contributed by atoms with Gasteiger partial charge in [-0.15, -0.1) is 0 Å². The highest BCUT2D eigenvalue weighted by molar-refractivity contribution is 7.80. The van der Waals surface area contributed by atoms with Crippen LogP contribution >= 0.6 is 0 Å². The van der Waals surface area contributed by atoms with Gasteiger partial charge in [0.15, 0.2) is 5.78 Å². The van der Waals surface area contributed by atoms with Crippen LogP contribution in [0, 0.1) is 57.2 Å². The minimum Gasteiger partial charge on any atom is -0.299 e. The molecule has 0 aromatic rings. The maximum atomic E-state index is 12.4. The molecule has 11 atom stereocenters. The van der Waals surface area contributed by atoms with Crippen molar-refractivity contribution in [2.24, 2.45) is 57.2 Å². The van der Waals surface area contributed by atoms with Gasteiger partial charge in [0.25, 0.3) is 0 Å². The molecule has 6 fully saturated rings. The van der Waals surface area contributed by atoms with Crippen molar-refractivity contribution in [1.82, 2.24) is 0 Å². The Morgan fingerprint density at radius 3 is 2.29 bits per heavy atom. The van der Waals surface area contributed by atoms with Gasteiger partial charge in [0.1, 0.15) is 5.78 Å². The standard InChI is InChI=1S/C19H28O5S.C19H26O/c1-18-9-7-13(24-25(21,22)23)11-12(18)3-4-14-15-5-6-17(20)19(15,2)10-8-16(14)18;1-18-9-3-4-16(18)15-6-5-13-12-14(20)7-11-19(13,2)17(15)8-10-18/h3,13-16H,4-11H2,1-2H3,(H,21,22,23);7,11-12,15-17H,3-6,8-10H2,1-2H3/t13-,14?,15?,16?,18-,19-;15-,16-,17-,18-,19-/m00/s1. The van der Waals surface area contributed by atoms with Gasteiger partial charge in [0.05, 0.1) is 6.10 Å². The van der Waals surface area contributed by atoms with Crippen LogP contribution in [0.5, 0.6) is 0 Å². The summed E-state index contributed by atoms with van der Waals surface area (Å²) in [4.78, 5) is 24.1. The van der Waals surface area contributed by atoms with Gasteiger partial charge < -0.3 is 0 Å². The number of rotatable bonds is 2. The average Bonchev–Trinajstić information content (AvgIpc) is 3.52. The molecule has 0 saturated heterocycles. The van der Waals surface area contributed by atoms with Crippen LogP contribution in [-0.2, 0) is 24.2 Å². The fourth-order valence-corrected chi connectivity index (χ4v) is 13.4. The lowest BCUT2D eigenvalue weighted by molar-refractivity contribution is -0.131. The topological polar surface area (TPSA) is 97.7 Å². The van der Waals surface area contributed by atoms with Crippen molar-refractivity contribution in [2.45, 2.75) is 130 Å². The van der Waals surface area contributed by atoms with E-state index in [2.05, 4.69) is 39.8 Å². The third kappa shape index (κ3) is 5.21. The second-order valence-corrected chi connectivity index (χ2v) is 18.3. The van der Waals surface area contributed by atoms with E-state index in [1.165, 1.54) is 49.7 Å². The molecule has 0 aliphatic heterocycles. The van der Waals surface area contributed by atoms with Crippen molar-refractivity contribution in [3.8, 4) is 0 Å². The van der Waals surface area contributed by atoms with Crippen molar-refractivity contribution in [2.75, 3.05) is 0 Å². The monoisotopic (exact) mass is 638 g/mol. The summed E-state index contributed by atoms with van der Waals surface area (Å²) >= 11 is 0. The largest absolute Gasteiger partial charge is 0.397 e. The van der Waals surface area contributed by atoms with Gasteiger partial charge >= 0.3 is 10.4 Å². The Bertz CT molecular complexity index is 1460. The van der Waals surface area contributed by atoms with E-state index in [1.807, 2.05) is 12.2 Å². The summed E-state index contributed by atoms with van der Waals surface area (Å²) in [6.45, 7) is 9.45. The zero-order chi connectivity index (χ0) is 32.0. The molecule has 0 spiro atoms. The smallest absolute Gasteiger partial charge is 0.299 e. The number of allylic oxidation sites excluding steroid dienone is 5. The molecular formula is C38H54O6S. The van der Waals surface area contributed by atoms with E-state index < -0.39 is 16.5 Å². The summed E-state index contributed by atoms with van der Waals surface area (Å²) in [6, 6.07) is 0. The van der Waals surface area contributed by atoms with Crippen molar-refractivity contribution in [3.63, 3.8) is 0 Å². The summed E-state index contributed by atoms with van der Waals surface area (Å²) in [5.74, 6) is 4.94. The van der Waals surface area contributed by atoms with E-state index in [0.717, 1.165) is 62.7 Å². The second kappa shape index (κ2) is 11.0. The molecular weight excluding hydrogens is 584 g/mol. The highest BCUT2D eigenvalue weighted by atomic mass is 32.3. The molecule has 0 amide bonds. The molecule has 8 aliphatic carbocycles. The van der Waals surface area contributed by atoms with Gasteiger partial charge in [0.2, 0.25) is 0 Å². The Morgan fingerprint density at radius 1 is 0.778 bits per heavy atom. The summed E-state index contributed by atoms with van der Waals surface area (Å²) in [5.41, 5.74) is 3.49. The summed E-state index contributed by atoms with van der Waals surface area (Å²) in [5, 5.41) is 0. The Morgan fingerprint density at radius 2 is 1.51 bits per heavy atom. The molecule has 6 saturated carbocycles. The SMILES string of the molecule is C[C@@]12CCC[C@H]1[C@@H]1CCC3=CC(=O)C=C[C@]3(C)[C@H]1CC2.C[C@]12CC[C@H](OS(=O)(=O)O)CC1=CCC1C2CC[C@]2(C)C(=O)CCC12. The number of hydrogen-bond acceptors (Lipinski definition) is 5.